The minimum Gasteiger partial charge on any atom is -0.480 e. The summed E-state index contributed by atoms with van der Waals surface area (Å²) in [6.45, 7) is 4.28. The van der Waals surface area contributed by atoms with E-state index in [4.69, 9.17) is 4.99 Å². The van der Waals surface area contributed by atoms with Crippen LogP contribution in [-0.2, 0) is 4.79 Å². The lowest BCUT2D eigenvalue weighted by molar-refractivity contribution is -0.137. The van der Waals surface area contributed by atoms with Crippen LogP contribution in [0.25, 0.3) is 0 Å². The standard InChI is InChI=1S/C17H19FN2O2S/c1-17(2)7-12(19-11-5-3-10(18)4-6-11)15-13(8-17)20-14(9-23-15)16(21)22/h3-6,14-15H,7-9H2,1-2H3,(H,21,22). The molecule has 0 spiro atoms. The maximum Gasteiger partial charge on any atom is 0.329 e. The van der Waals surface area contributed by atoms with Crippen molar-refractivity contribution >= 4 is 34.8 Å². The highest BCUT2D eigenvalue weighted by Gasteiger charge is 2.40. The molecule has 1 aliphatic heterocycles. The lowest BCUT2D eigenvalue weighted by Gasteiger charge is -2.39. The van der Waals surface area contributed by atoms with Crippen molar-refractivity contribution in [3.63, 3.8) is 0 Å². The van der Waals surface area contributed by atoms with Crippen LogP contribution in [0.5, 0.6) is 0 Å². The van der Waals surface area contributed by atoms with E-state index in [2.05, 4.69) is 18.8 Å². The van der Waals surface area contributed by atoms with Gasteiger partial charge in [0.25, 0.3) is 0 Å². The molecule has 0 radical (unpaired) electrons. The summed E-state index contributed by atoms with van der Waals surface area (Å²) in [5.41, 5.74) is 2.64. The van der Waals surface area contributed by atoms with Gasteiger partial charge in [0, 0.05) is 17.2 Å². The fourth-order valence-electron chi connectivity index (χ4n) is 3.06. The van der Waals surface area contributed by atoms with Gasteiger partial charge < -0.3 is 5.11 Å². The second-order valence-electron chi connectivity index (χ2n) is 6.79. The molecule has 0 bridgehead atoms. The second-order valence-corrected chi connectivity index (χ2v) is 7.92. The summed E-state index contributed by atoms with van der Waals surface area (Å²) in [6.07, 6.45) is 1.62. The van der Waals surface area contributed by atoms with Gasteiger partial charge in [0.05, 0.1) is 10.9 Å². The highest BCUT2D eigenvalue weighted by molar-refractivity contribution is 8.01. The number of benzene rings is 1. The fraction of sp³-hybridized carbons (Fsp3) is 0.471. The lowest BCUT2D eigenvalue weighted by atomic mass is 9.75. The Kier molecular flexibility index (Phi) is 4.27. The molecule has 0 aromatic heterocycles. The number of carbonyl (C=O) groups is 1. The average Bonchev–Trinajstić information content (AvgIpc) is 2.47. The molecule has 2 atom stereocenters. The molecule has 4 nitrogen and oxygen atoms in total. The normalized spacial score (nSPS) is 28.1. The second kappa shape index (κ2) is 6.07. The van der Waals surface area contributed by atoms with Crippen molar-refractivity contribution in [3.05, 3.63) is 30.1 Å². The first-order valence-corrected chi connectivity index (χ1v) is 8.63. The van der Waals surface area contributed by atoms with Crippen LogP contribution in [0, 0.1) is 11.2 Å². The number of thioether (sulfide) groups is 1. The van der Waals surface area contributed by atoms with Gasteiger partial charge in [-0.3, -0.25) is 9.98 Å². The third kappa shape index (κ3) is 3.63. The third-order valence-corrected chi connectivity index (χ3v) is 5.44. The van der Waals surface area contributed by atoms with Gasteiger partial charge in [-0.15, -0.1) is 11.8 Å². The number of aliphatic imine (C=N–C) groups is 2. The van der Waals surface area contributed by atoms with Gasteiger partial charge in [-0.2, -0.15) is 0 Å². The van der Waals surface area contributed by atoms with E-state index < -0.39 is 12.0 Å². The summed E-state index contributed by atoms with van der Waals surface area (Å²) in [5.74, 6) is -0.688. The van der Waals surface area contributed by atoms with Gasteiger partial charge in [-0.25, -0.2) is 9.18 Å². The molecular weight excluding hydrogens is 315 g/mol. The van der Waals surface area contributed by atoms with Crippen LogP contribution in [0.15, 0.2) is 34.3 Å². The van der Waals surface area contributed by atoms with Crippen LogP contribution in [0.4, 0.5) is 10.1 Å². The maximum atomic E-state index is 13.0. The molecule has 23 heavy (non-hydrogen) atoms. The van der Waals surface area contributed by atoms with E-state index in [1.165, 1.54) is 12.1 Å². The molecule has 0 amide bonds. The van der Waals surface area contributed by atoms with Crippen LogP contribution in [0.3, 0.4) is 0 Å². The van der Waals surface area contributed by atoms with Crippen LogP contribution >= 0.6 is 11.8 Å². The molecule has 122 valence electrons. The molecule has 0 saturated heterocycles. The number of hydrogen-bond acceptors (Lipinski definition) is 4. The van der Waals surface area contributed by atoms with Crippen LogP contribution < -0.4 is 0 Å². The van der Waals surface area contributed by atoms with E-state index in [1.54, 1.807) is 23.9 Å². The SMILES string of the molecule is CC1(C)CC(=Nc2ccc(F)cc2)C2SCC(C(=O)O)N=C2C1. The number of carboxylic acids is 1. The van der Waals surface area contributed by atoms with Crippen molar-refractivity contribution < 1.29 is 14.3 Å². The average molecular weight is 334 g/mol. The van der Waals surface area contributed by atoms with Crippen molar-refractivity contribution in [2.45, 2.75) is 38.0 Å². The monoisotopic (exact) mass is 334 g/mol. The van der Waals surface area contributed by atoms with Gasteiger partial charge >= 0.3 is 5.97 Å². The molecule has 2 unspecified atom stereocenters. The lowest BCUT2D eigenvalue weighted by Crippen LogP contribution is -2.44. The van der Waals surface area contributed by atoms with Crippen molar-refractivity contribution in [1.29, 1.82) is 0 Å². The Balaban J connectivity index is 1.95. The number of fused-ring (bicyclic) bond motifs is 1. The highest BCUT2D eigenvalue weighted by Crippen LogP contribution is 2.40. The molecule has 1 heterocycles. The summed E-state index contributed by atoms with van der Waals surface area (Å²) in [6, 6.07) is 5.46. The summed E-state index contributed by atoms with van der Waals surface area (Å²) in [4.78, 5) is 20.4. The Hall–Kier alpha value is -1.69. The molecule has 6 heteroatoms. The van der Waals surface area contributed by atoms with E-state index in [0.29, 0.717) is 5.75 Å². The first kappa shape index (κ1) is 16.2. The predicted octanol–water partition coefficient (Wildman–Crippen LogP) is 3.73. The Morgan fingerprint density at radius 1 is 1.35 bits per heavy atom. The molecular formula is C17H19FN2O2S. The molecule has 1 N–H and O–H groups in total. The summed E-state index contributed by atoms with van der Waals surface area (Å²) < 4.78 is 13.0. The minimum absolute atomic E-state index is 0.00481. The highest BCUT2D eigenvalue weighted by atomic mass is 32.2. The minimum atomic E-state index is -0.871. The van der Waals surface area contributed by atoms with Crippen LogP contribution in [0.2, 0.25) is 0 Å². The van der Waals surface area contributed by atoms with Crippen LogP contribution in [-0.4, -0.2) is 39.5 Å². The molecule has 1 saturated carbocycles. The smallest absolute Gasteiger partial charge is 0.329 e. The predicted molar refractivity (Wildman–Crippen MR) is 91.6 cm³/mol. The first-order chi connectivity index (χ1) is 10.8. The molecule has 2 aliphatic rings. The van der Waals surface area contributed by atoms with E-state index in [9.17, 15) is 14.3 Å². The van der Waals surface area contributed by atoms with Crippen molar-refractivity contribution in [3.8, 4) is 0 Å². The zero-order valence-corrected chi connectivity index (χ0v) is 13.9. The Morgan fingerprint density at radius 2 is 2.04 bits per heavy atom. The zero-order chi connectivity index (χ0) is 16.6. The topological polar surface area (TPSA) is 62.0 Å². The van der Waals surface area contributed by atoms with Gasteiger partial charge in [0.2, 0.25) is 0 Å². The van der Waals surface area contributed by atoms with E-state index in [1.807, 2.05) is 0 Å². The van der Waals surface area contributed by atoms with Crippen molar-refractivity contribution in [1.82, 2.24) is 0 Å². The molecule has 1 aliphatic carbocycles. The van der Waals surface area contributed by atoms with E-state index in [-0.39, 0.29) is 16.5 Å². The summed E-state index contributed by atoms with van der Waals surface area (Å²) >= 11 is 1.60. The number of nitrogens with zero attached hydrogens (tertiary/aromatic N) is 2. The Morgan fingerprint density at radius 3 is 2.70 bits per heavy atom. The largest absolute Gasteiger partial charge is 0.480 e. The van der Waals surface area contributed by atoms with Crippen LogP contribution in [0.1, 0.15) is 26.7 Å². The van der Waals surface area contributed by atoms with Gasteiger partial charge in [-0.1, -0.05) is 13.8 Å². The summed E-state index contributed by atoms with van der Waals surface area (Å²) in [7, 11) is 0. The molecule has 3 rings (SSSR count). The van der Waals surface area contributed by atoms with E-state index in [0.717, 1.165) is 30.0 Å². The number of carboxylic acid groups (broad SMARTS) is 1. The molecule has 1 aromatic rings. The van der Waals surface area contributed by atoms with Gasteiger partial charge in [-0.05, 0) is 42.5 Å². The van der Waals surface area contributed by atoms with E-state index >= 15 is 0 Å². The first-order valence-electron chi connectivity index (χ1n) is 7.58. The quantitative estimate of drug-likeness (QED) is 0.896. The fourth-order valence-corrected chi connectivity index (χ4v) is 4.31. The van der Waals surface area contributed by atoms with Gasteiger partial charge in [0.1, 0.15) is 5.82 Å². The Bertz CT molecular complexity index is 682. The molecule has 1 fully saturated rings. The Labute approximate surface area is 138 Å². The molecule has 1 aromatic carbocycles. The van der Waals surface area contributed by atoms with Gasteiger partial charge in [0.15, 0.2) is 6.04 Å². The van der Waals surface area contributed by atoms with Crippen molar-refractivity contribution in [2.24, 2.45) is 15.4 Å². The zero-order valence-electron chi connectivity index (χ0n) is 13.1. The summed E-state index contributed by atoms with van der Waals surface area (Å²) in [5, 5.41) is 9.24. The number of rotatable bonds is 2. The maximum absolute atomic E-state index is 13.0. The number of hydrogen-bond donors (Lipinski definition) is 1. The number of aliphatic carboxylic acids is 1. The third-order valence-electron chi connectivity index (χ3n) is 4.05. The van der Waals surface area contributed by atoms with Crippen molar-refractivity contribution in [2.75, 3.05) is 5.75 Å². The number of halogens is 1.